The van der Waals surface area contributed by atoms with Gasteiger partial charge in [-0.3, -0.25) is 9.36 Å². The molecule has 1 saturated carbocycles. The first-order chi connectivity index (χ1) is 9.06. The normalized spacial score (nSPS) is 16.4. The number of hydrogen-bond donors (Lipinski definition) is 0. The molecule has 0 bridgehead atoms. The van der Waals surface area contributed by atoms with Crippen molar-refractivity contribution in [2.75, 3.05) is 26.1 Å². The predicted octanol–water partition coefficient (Wildman–Crippen LogP) is 1.90. The highest BCUT2D eigenvalue weighted by Gasteiger charge is 2.25. The number of hydrogen-bond acceptors (Lipinski definition) is 4. The number of nitrogens with zero attached hydrogens (tertiary/aromatic N) is 3. The Morgan fingerprint density at radius 3 is 2.42 bits per heavy atom. The molecule has 0 spiro atoms. The van der Waals surface area contributed by atoms with Crippen LogP contribution in [0.4, 0.5) is 5.95 Å². The van der Waals surface area contributed by atoms with Gasteiger partial charge >= 0.3 is 0 Å². The maximum absolute atomic E-state index is 12.6. The Labute approximate surface area is 114 Å². The second-order valence-corrected chi connectivity index (χ2v) is 5.43. The third kappa shape index (κ3) is 2.60. The van der Waals surface area contributed by atoms with Crippen molar-refractivity contribution in [2.24, 2.45) is 7.05 Å². The van der Waals surface area contributed by atoms with Crippen LogP contribution < -0.4 is 15.2 Å². The van der Waals surface area contributed by atoms with E-state index in [2.05, 4.69) is 4.98 Å². The van der Waals surface area contributed by atoms with Crippen molar-refractivity contribution in [3.05, 3.63) is 15.9 Å². The highest BCUT2D eigenvalue weighted by molar-refractivity contribution is 5.38. The van der Waals surface area contributed by atoms with Crippen molar-refractivity contribution < 1.29 is 4.74 Å². The van der Waals surface area contributed by atoms with Crippen LogP contribution in [0.15, 0.2) is 4.79 Å². The zero-order valence-corrected chi connectivity index (χ0v) is 12.3. The topological polar surface area (TPSA) is 47.4 Å². The molecule has 19 heavy (non-hydrogen) atoms. The zero-order chi connectivity index (χ0) is 14.0. The molecule has 0 N–H and O–H groups in total. The third-order valence-electron chi connectivity index (χ3n) is 3.87. The Morgan fingerprint density at radius 1 is 1.26 bits per heavy atom. The largest absolute Gasteiger partial charge is 0.481 e. The summed E-state index contributed by atoms with van der Waals surface area (Å²) in [5, 5.41) is 0. The van der Waals surface area contributed by atoms with Crippen LogP contribution in [0.5, 0.6) is 5.88 Å². The van der Waals surface area contributed by atoms with E-state index in [-0.39, 0.29) is 5.56 Å². The molecule has 0 unspecified atom stereocenters. The van der Waals surface area contributed by atoms with Gasteiger partial charge in [-0.1, -0.05) is 19.3 Å². The molecule has 1 aliphatic rings. The Balaban J connectivity index is 2.53. The van der Waals surface area contributed by atoms with Gasteiger partial charge in [0.15, 0.2) is 0 Å². The monoisotopic (exact) mass is 265 g/mol. The molecule has 0 saturated heterocycles. The van der Waals surface area contributed by atoms with Crippen molar-refractivity contribution in [1.82, 2.24) is 9.55 Å². The number of methoxy groups -OCH3 is 1. The van der Waals surface area contributed by atoms with Crippen molar-refractivity contribution in [3.63, 3.8) is 0 Å². The highest BCUT2D eigenvalue weighted by Crippen LogP contribution is 2.35. The first-order valence-electron chi connectivity index (χ1n) is 6.88. The Bertz CT molecular complexity index is 502. The van der Waals surface area contributed by atoms with E-state index in [4.69, 9.17) is 4.74 Å². The van der Waals surface area contributed by atoms with Crippen LogP contribution in [-0.4, -0.2) is 30.8 Å². The summed E-state index contributed by atoms with van der Waals surface area (Å²) in [7, 11) is 7.12. The standard InChI is InChI=1S/C14H23N3O2/c1-16(2)14-15-12(19-4)11(13(18)17(14)3)10-8-6-5-7-9-10/h10H,5-9H2,1-4H3. The van der Waals surface area contributed by atoms with Crippen LogP contribution >= 0.6 is 0 Å². The lowest BCUT2D eigenvalue weighted by Crippen LogP contribution is -2.31. The van der Waals surface area contributed by atoms with Gasteiger partial charge in [0.1, 0.15) is 0 Å². The second-order valence-electron chi connectivity index (χ2n) is 5.43. The average molecular weight is 265 g/mol. The fourth-order valence-corrected chi connectivity index (χ4v) is 2.89. The maximum atomic E-state index is 12.6. The molecule has 5 nitrogen and oxygen atoms in total. The van der Waals surface area contributed by atoms with Crippen LogP contribution in [0.3, 0.4) is 0 Å². The molecule has 1 aromatic rings. The lowest BCUT2D eigenvalue weighted by atomic mass is 9.85. The summed E-state index contributed by atoms with van der Waals surface area (Å²) in [6, 6.07) is 0. The molecule has 5 heteroatoms. The summed E-state index contributed by atoms with van der Waals surface area (Å²) in [6.07, 6.45) is 5.77. The summed E-state index contributed by atoms with van der Waals surface area (Å²) in [4.78, 5) is 18.9. The van der Waals surface area contributed by atoms with Gasteiger partial charge in [-0.2, -0.15) is 4.98 Å². The molecule has 0 amide bonds. The summed E-state index contributed by atoms with van der Waals surface area (Å²) >= 11 is 0. The summed E-state index contributed by atoms with van der Waals surface area (Å²) in [5.41, 5.74) is 0.790. The minimum Gasteiger partial charge on any atom is -0.481 e. The second kappa shape index (κ2) is 5.63. The van der Waals surface area contributed by atoms with E-state index in [0.717, 1.165) is 18.4 Å². The van der Waals surface area contributed by atoms with Gasteiger partial charge in [0.25, 0.3) is 5.56 Å². The van der Waals surface area contributed by atoms with Crippen LogP contribution in [0, 0.1) is 0 Å². The number of anilines is 1. The molecule has 1 fully saturated rings. The van der Waals surface area contributed by atoms with Crippen molar-refractivity contribution in [3.8, 4) is 5.88 Å². The van der Waals surface area contributed by atoms with E-state index in [1.54, 1.807) is 18.7 Å². The van der Waals surface area contributed by atoms with Gasteiger partial charge in [-0.05, 0) is 18.8 Å². The van der Waals surface area contributed by atoms with Crippen molar-refractivity contribution in [1.29, 1.82) is 0 Å². The zero-order valence-electron chi connectivity index (χ0n) is 12.3. The Kier molecular flexibility index (Phi) is 4.12. The Morgan fingerprint density at radius 2 is 1.89 bits per heavy atom. The third-order valence-corrected chi connectivity index (χ3v) is 3.87. The van der Waals surface area contributed by atoms with E-state index < -0.39 is 0 Å². The predicted molar refractivity (Wildman–Crippen MR) is 76.2 cm³/mol. The minimum atomic E-state index is 0.0300. The molecular formula is C14H23N3O2. The maximum Gasteiger partial charge on any atom is 0.261 e. The summed E-state index contributed by atoms with van der Waals surface area (Å²) in [5.74, 6) is 1.42. The molecule has 2 rings (SSSR count). The van der Waals surface area contributed by atoms with Crippen LogP contribution in [0.1, 0.15) is 43.6 Å². The fourth-order valence-electron chi connectivity index (χ4n) is 2.89. The molecule has 0 aliphatic heterocycles. The molecule has 0 atom stereocenters. The summed E-state index contributed by atoms with van der Waals surface area (Å²) < 4.78 is 6.99. The van der Waals surface area contributed by atoms with E-state index in [9.17, 15) is 4.79 Å². The quantitative estimate of drug-likeness (QED) is 0.837. The number of rotatable bonds is 3. The van der Waals surface area contributed by atoms with Crippen LogP contribution in [-0.2, 0) is 7.05 Å². The number of aromatic nitrogens is 2. The van der Waals surface area contributed by atoms with Crippen molar-refractivity contribution in [2.45, 2.75) is 38.0 Å². The average Bonchev–Trinajstić information content (AvgIpc) is 2.42. The van der Waals surface area contributed by atoms with E-state index >= 15 is 0 Å². The van der Waals surface area contributed by atoms with E-state index in [1.807, 2.05) is 19.0 Å². The molecule has 106 valence electrons. The lowest BCUT2D eigenvalue weighted by molar-refractivity contribution is 0.367. The minimum absolute atomic E-state index is 0.0300. The highest BCUT2D eigenvalue weighted by atomic mass is 16.5. The van der Waals surface area contributed by atoms with Gasteiger partial charge in [0, 0.05) is 21.1 Å². The van der Waals surface area contributed by atoms with E-state index in [1.165, 1.54) is 19.3 Å². The fraction of sp³-hybridized carbons (Fsp3) is 0.714. The molecule has 0 radical (unpaired) electrons. The molecule has 1 heterocycles. The number of ether oxygens (including phenoxy) is 1. The van der Waals surface area contributed by atoms with E-state index in [0.29, 0.717) is 17.7 Å². The van der Waals surface area contributed by atoms with Gasteiger partial charge in [0.2, 0.25) is 11.8 Å². The lowest BCUT2D eigenvalue weighted by Gasteiger charge is -2.24. The SMILES string of the molecule is COc1nc(N(C)C)n(C)c(=O)c1C1CCCCC1. The first-order valence-corrected chi connectivity index (χ1v) is 6.88. The van der Waals surface area contributed by atoms with Gasteiger partial charge in [-0.25, -0.2) is 0 Å². The first kappa shape index (κ1) is 13.9. The molecular weight excluding hydrogens is 242 g/mol. The molecule has 1 aromatic heterocycles. The van der Waals surface area contributed by atoms with Crippen LogP contribution in [0.2, 0.25) is 0 Å². The van der Waals surface area contributed by atoms with Gasteiger partial charge < -0.3 is 9.64 Å². The molecule has 0 aromatic carbocycles. The van der Waals surface area contributed by atoms with Gasteiger partial charge in [0.05, 0.1) is 12.7 Å². The summed E-state index contributed by atoms with van der Waals surface area (Å²) in [6.45, 7) is 0. The molecule has 1 aliphatic carbocycles. The van der Waals surface area contributed by atoms with Crippen LogP contribution in [0.25, 0.3) is 0 Å². The smallest absolute Gasteiger partial charge is 0.261 e. The van der Waals surface area contributed by atoms with Crippen molar-refractivity contribution >= 4 is 5.95 Å². The Hall–Kier alpha value is -1.52. The van der Waals surface area contributed by atoms with Gasteiger partial charge in [-0.15, -0.1) is 0 Å².